The molecule has 0 bridgehead atoms. The van der Waals surface area contributed by atoms with E-state index in [1.165, 1.54) is 32.1 Å². The molecule has 2 fully saturated rings. The van der Waals surface area contributed by atoms with Crippen molar-refractivity contribution in [3.8, 4) is 0 Å². The summed E-state index contributed by atoms with van der Waals surface area (Å²) in [5, 5.41) is 0. The summed E-state index contributed by atoms with van der Waals surface area (Å²) < 4.78 is 0. The molecule has 0 spiro atoms. The fourth-order valence-corrected chi connectivity index (χ4v) is 2.84. The van der Waals surface area contributed by atoms with Crippen LogP contribution in [-0.4, -0.2) is 16.8 Å². The summed E-state index contributed by atoms with van der Waals surface area (Å²) in [6.07, 6.45) is 6.21. The molecule has 1 heterocycles. The molecule has 2 nitrogen and oxygen atoms in total. The molecule has 0 radical (unpaired) electrons. The number of hydrogen-bond acceptors (Lipinski definition) is 1. The van der Waals surface area contributed by atoms with E-state index in [2.05, 4.69) is 13.5 Å². The van der Waals surface area contributed by atoms with Crippen LogP contribution in [0.2, 0.25) is 0 Å². The average Bonchev–Trinajstić information content (AvgIpc) is 2.45. The van der Waals surface area contributed by atoms with Crippen LogP contribution in [-0.2, 0) is 4.79 Å². The lowest BCUT2D eigenvalue weighted by atomic mass is 9.94. The third-order valence-electron chi connectivity index (χ3n) is 4.15. The van der Waals surface area contributed by atoms with E-state index in [1.807, 2.05) is 11.8 Å². The van der Waals surface area contributed by atoms with Crippen LogP contribution < -0.4 is 0 Å². The van der Waals surface area contributed by atoms with Crippen LogP contribution in [0.4, 0.5) is 0 Å². The molecule has 1 aliphatic carbocycles. The third kappa shape index (κ3) is 1.70. The fourth-order valence-electron chi connectivity index (χ4n) is 2.84. The second kappa shape index (κ2) is 3.99. The summed E-state index contributed by atoms with van der Waals surface area (Å²) in [6.45, 7) is 8.25. The highest BCUT2D eigenvalue weighted by Crippen LogP contribution is 2.37. The number of hydrogen-bond donors (Lipinski definition) is 0. The van der Waals surface area contributed by atoms with Crippen LogP contribution in [0.15, 0.2) is 12.3 Å². The van der Waals surface area contributed by atoms with Gasteiger partial charge >= 0.3 is 0 Å². The third-order valence-corrected chi connectivity index (χ3v) is 4.15. The van der Waals surface area contributed by atoms with Gasteiger partial charge in [-0.05, 0) is 12.8 Å². The zero-order valence-electron chi connectivity index (χ0n) is 9.83. The molecule has 15 heavy (non-hydrogen) atoms. The topological polar surface area (TPSA) is 20.3 Å². The van der Waals surface area contributed by atoms with Gasteiger partial charge in [-0.1, -0.05) is 39.7 Å². The van der Waals surface area contributed by atoms with Crippen LogP contribution in [0.5, 0.6) is 0 Å². The Labute approximate surface area is 92.3 Å². The number of allylic oxidation sites excluding steroid dienone is 1. The first-order valence-corrected chi connectivity index (χ1v) is 6.14. The summed E-state index contributed by atoms with van der Waals surface area (Å²) >= 11 is 0. The van der Waals surface area contributed by atoms with Crippen LogP contribution in [0.25, 0.3) is 0 Å². The summed E-state index contributed by atoms with van der Waals surface area (Å²) in [5.74, 6) is 0.776. The van der Waals surface area contributed by atoms with Gasteiger partial charge in [-0.2, -0.15) is 0 Å². The van der Waals surface area contributed by atoms with Crippen molar-refractivity contribution in [2.24, 2.45) is 11.8 Å². The normalized spacial score (nSPS) is 33.9. The minimum absolute atomic E-state index is 0.138. The molecule has 0 aromatic rings. The van der Waals surface area contributed by atoms with Gasteiger partial charge in [-0.25, -0.2) is 0 Å². The number of carbonyl (C=O) groups excluding carboxylic acids is 1. The molecule has 0 aromatic carbocycles. The summed E-state index contributed by atoms with van der Waals surface area (Å²) in [4.78, 5) is 14.1. The van der Waals surface area contributed by atoms with Gasteiger partial charge in [0.2, 0.25) is 5.91 Å². The van der Waals surface area contributed by atoms with Gasteiger partial charge in [0.05, 0.1) is 0 Å². The van der Waals surface area contributed by atoms with Crippen LogP contribution >= 0.6 is 0 Å². The predicted octanol–water partition coefficient (Wildman–Crippen LogP) is 2.95. The predicted molar refractivity (Wildman–Crippen MR) is 61.2 cm³/mol. The minimum atomic E-state index is 0.138. The first-order chi connectivity index (χ1) is 7.13. The highest BCUT2D eigenvalue weighted by Gasteiger charge is 2.41. The van der Waals surface area contributed by atoms with Crippen LogP contribution in [0, 0.1) is 11.8 Å². The second-order valence-corrected chi connectivity index (χ2v) is 5.07. The fraction of sp³-hybridized carbons (Fsp3) is 0.769. The Bertz CT molecular complexity index is 258. The smallest absolute Gasteiger partial charge is 0.230 e. The molecule has 2 aliphatic rings. The lowest BCUT2D eigenvalue weighted by Gasteiger charge is -2.32. The molecular weight excluding hydrogens is 186 g/mol. The Hall–Kier alpha value is -0.790. The SMILES string of the molecule is C=C1C(C)C(C)C(=O)N1C1CCCCC1. The van der Waals surface area contributed by atoms with E-state index in [4.69, 9.17) is 0 Å². The van der Waals surface area contributed by atoms with E-state index >= 15 is 0 Å². The molecule has 1 saturated heterocycles. The molecule has 0 N–H and O–H groups in total. The molecular formula is C13H21NO. The van der Waals surface area contributed by atoms with Gasteiger partial charge < -0.3 is 4.90 Å². The number of nitrogens with zero attached hydrogens (tertiary/aromatic N) is 1. The summed E-state index contributed by atoms with van der Waals surface area (Å²) in [6, 6.07) is 0.450. The van der Waals surface area contributed by atoms with Crippen LogP contribution in [0.1, 0.15) is 46.0 Å². The Morgan fingerprint density at radius 2 is 1.73 bits per heavy atom. The standard InChI is InChI=1S/C13H21NO/c1-9-10(2)13(15)14(11(9)3)12-7-5-4-6-8-12/h9-10,12H,3-8H2,1-2H3. The molecule has 84 valence electrons. The van der Waals surface area contributed by atoms with Crippen molar-refractivity contribution in [2.75, 3.05) is 0 Å². The van der Waals surface area contributed by atoms with Gasteiger partial charge in [0.1, 0.15) is 0 Å². The molecule has 2 rings (SSSR count). The van der Waals surface area contributed by atoms with Crippen molar-refractivity contribution in [3.63, 3.8) is 0 Å². The highest BCUT2D eigenvalue weighted by atomic mass is 16.2. The van der Waals surface area contributed by atoms with E-state index in [1.54, 1.807) is 0 Å². The lowest BCUT2D eigenvalue weighted by Crippen LogP contribution is -2.37. The summed E-state index contributed by atoms with van der Waals surface area (Å²) in [5.41, 5.74) is 1.06. The Morgan fingerprint density at radius 3 is 2.20 bits per heavy atom. The number of carbonyl (C=O) groups is 1. The molecule has 1 amide bonds. The Kier molecular flexibility index (Phi) is 2.85. The van der Waals surface area contributed by atoms with Gasteiger partial charge in [0, 0.05) is 23.6 Å². The van der Waals surface area contributed by atoms with E-state index in [0.29, 0.717) is 17.9 Å². The van der Waals surface area contributed by atoms with Crippen molar-refractivity contribution < 1.29 is 4.79 Å². The highest BCUT2D eigenvalue weighted by molar-refractivity contribution is 5.84. The average molecular weight is 207 g/mol. The summed E-state index contributed by atoms with van der Waals surface area (Å²) in [7, 11) is 0. The van der Waals surface area contributed by atoms with E-state index < -0.39 is 0 Å². The maximum absolute atomic E-state index is 12.1. The van der Waals surface area contributed by atoms with Gasteiger partial charge in [-0.15, -0.1) is 0 Å². The van der Waals surface area contributed by atoms with Crippen molar-refractivity contribution in [1.29, 1.82) is 0 Å². The zero-order valence-corrected chi connectivity index (χ0v) is 9.83. The number of amides is 1. The Balaban J connectivity index is 2.14. The maximum Gasteiger partial charge on any atom is 0.230 e. The van der Waals surface area contributed by atoms with Crippen molar-refractivity contribution in [2.45, 2.75) is 52.0 Å². The lowest BCUT2D eigenvalue weighted by molar-refractivity contribution is -0.132. The van der Waals surface area contributed by atoms with Crippen molar-refractivity contribution in [1.82, 2.24) is 4.90 Å². The maximum atomic E-state index is 12.1. The van der Waals surface area contributed by atoms with Gasteiger partial charge in [-0.3, -0.25) is 4.79 Å². The second-order valence-electron chi connectivity index (χ2n) is 5.07. The molecule has 2 atom stereocenters. The largest absolute Gasteiger partial charge is 0.313 e. The van der Waals surface area contributed by atoms with Crippen molar-refractivity contribution >= 4 is 5.91 Å². The molecule has 2 heteroatoms. The zero-order chi connectivity index (χ0) is 11.0. The molecule has 1 aliphatic heterocycles. The number of likely N-dealkylation sites (tertiary alicyclic amines) is 1. The molecule has 2 unspecified atom stereocenters. The van der Waals surface area contributed by atoms with E-state index in [0.717, 1.165) is 5.70 Å². The van der Waals surface area contributed by atoms with Crippen molar-refractivity contribution in [3.05, 3.63) is 12.3 Å². The Morgan fingerprint density at radius 1 is 1.13 bits per heavy atom. The van der Waals surface area contributed by atoms with E-state index in [-0.39, 0.29) is 5.92 Å². The van der Waals surface area contributed by atoms with E-state index in [9.17, 15) is 4.79 Å². The molecule has 0 aromatic heterocycles. The van der Waals surface area contributed by atoms with Gasteiger partial charge in [0.25, 0.3) is 0 Å². The van der Waals surface area contributed by atoms with Gasteiger partial charge in [0.15, 0.2) is 0 Å². The first-order valence-electron chi connectivity index (χ1n) is 6.14. The quantitative estimate of drug-likeness (QED) is 0.647. The first kappa shape index (κ1) is 10.7. The minimum Gasteiger partial charge on any atom is -0.313 e. The monoisotopic (exact) mass is 207 g/mol. The number of rotatable bonds is 1. The van der Waals surface area contributed by atoms with Crippen LogP contribution in [0.3, 0.4) is 0 Å². The molecule has 1 saturated carbocycles.